The number of likely N-dealkylation sites (tertiary alicyclic amines) is 1. The maximum Gasteiger partial charge on any atom is 0.318 e. The van der Waals surface area contributed by atoms with Gasteiger partial charge in [-0.15, -0.1) is 0 Å². The van der Waals surface area contributed by atoms with Gasteiger partial charge in [-0.25, -0.2) is 6.57 Å². The van der Waals surface area contributed by atoms with E-state index in [0.717, 1.165) is 91.7 Å². The lowest BCUT2D eigenvalue weighted by Crippen LogP contribution is -2.60. The normalized spacial score (nSPS) is 22.8. The zero-order chi connectivity index (χ0) is 59.6. The Morgan fingerprint density at radius 1 is 0.735 bits per heavy atom. The van der Waals surface area contributed by atoms with Crippen LogP contribution in [0.15, 0.2) is 49.1 Å². The topological polar surface area (TPSA) is 203 Å². The molecule has 0 bridgehead atoms. The van der Waals surface area contributed by atoms with E-state index in [1.54, 1.807) is 11.8 Å². The zero-order valence-corrected chi connectivity index (χ0v) is 50.6. The number of unbranched alkanes of at least 4 members (excludes halogenated alkanes) is 3. The summed E-state index contributed by atoms with van der Waals surface area (Å²) in [6, 6.07) is 11.7. The number of nitrogens with one attached hydrogen (secondary N) is 1. The average molecular weight is 1170 g/mol. The Labute approximate surface area is 496 Å². The van der Waals surface area contributed by atoms with Crippen molar-refractivity contribution in [3.8, 4) is 6.01 Å². The molecule has 0 radical (unpaired) electrons. The number of carbonyl (C=O) groups is 5. The number of aliphatic carboxylic acids is 2. The van der Waals surface area contributed by atoms with Crippen molar-refractivity contribution >= 4 is 63.4 Å². The molecule has 5 heterocycles. The van der Waals surface area contributed by atoms with E-state index in [0.29, 0.717) is 109 Å². The van der Waals surface area contributed by atoms with Crippen LogP contribution in [0.5, 0.6) is 6.01 Å². The number of piperazine rings is 1. The molecule has 1 aromatic heterocycles. The lowest BCUT2D eigenvalue weighted by molar-refractivity contribution is -0.140. The van der Waals surface area contributed by atoms with Gasteiger partial charge in [-0.05, 0) is 101 Å². The van der Waals surface area contributed by atoms with Crippen molar-refractivity contribution < 1.29 is 38.9 Å². The molecule has 0 unspecified atom stereocenters. The van der Waals surface area contributed by atoms with Crippen LogP contribution < -0.4 is 19.9 Å². The summed E-state index contributed by atoms with van der Waals surface area (Å²) in [5.74, 6) is -1.35. The predicted molar refractivity (Wildman–Crippen MR) is 325 cm³/mol. The van der Waals surface area contributed by atoms with Gasteiger partial charge in [-0.3, -0.25) is 48.5 Å². The number of ether oxygens (including phenoxy) is 1. The van der Waals surface area contributed by atoms with Crippen molar-refractivity contribution in [3.05, 3.63) is 76.8 Å². The second-order valence-electron chi connectivity index (χ2n) is 23.1. The third-order valence-electron chi connectivity index (χ3n) is 17.5. The number of nitrogens with zero attached hydrogens (tertiary/aromatic N) is 11. The molecule has 2 aromatic carbocycles. The monoisotopic (exact) mass is 1170 g/mol. The quantitative estimate of drug-likeness (QED) is 0.0441. The van der Waals surface area contributed by atoms with Crippen molar-refractivity contribution in [1.29, 1.82) is 0 Å². The van der Waals surface area contributed by atoms with E-state index in [4.69, 9.17) is 32.9 Å². The van der Waals surface area contributed by atoms with Crippen molar-refractivity contribution in [1.82, 2.24) is 44.7 Å². The number of carboxylic acid groups (broad SMARTS) is 2. The summed E-state index contributed by atoms with van der Waals surface area (Å²) in [5.41, 5.74) is 2.99. The SMILES string of the molecule is [C-]#[N+]C[C@H]1CN(c2nc(OC[C@@H]3CCCN3CCCCCCNC(=O)CN3C[C@H](CC)N(CC(=O)O)C[C@H](CC)N(CC(C)=O)C[C@H](CC)N(CC(=O)O)C[C@@H]3CC)nc3c2CCN(c2cccc4cccc(Cl)c24)C3)CCN1C(=O)C=C. The number of ketones is 1. The van der Waals surface area contributed by atoms with Gasteiger partial charge >= 0.3 is 17.9 Å². The Morgan fingerprint density at radius 2 is 1.35 bits per heavy atom. The molecular formula is C62H91ClN12O8. The molecule has 3 saturated heterocycles. The standard InChI is InChI=1S/C62H91ClN12O8/c1-8-46-36-73(41-58(79)80)49(11-4)35-72(47(9-2)37-74(42-59(81)82)48(10-3)34-71(46)33-44(6)76)40-56(77)65-26-15-13-14-16-27-68-28-19-22-50(68)43-83-62-66-54-39-69(55-24-18-21-45-20-17-23-53(63)60(45)55)29-25-52(54)61(67-62)70-30-31-75(57(78)12-5)51(38-70)32-64-7/h12,17-18,20-21,23-24,46-51H,5,8-11,13-16,19,22,25-43H2,1-4,6H3,(H,65,77)(H,79,80)(H,81,82)/t46-,47-,48-,49-,50-,51-/m0/s1. The second-order valence-corrected chi connectivity index (χ2v) is 23.5. The minimum absolute atomic E-state index is 0.00184. The summed E-state index contributed by atoms with van der Waals surface area (Å²) in [6.45, 7) is 28.6. The number of anilines is 2. The van der Waals surface area contributed by atoms with Crippen LogP contribution in [0.1, 0.15) is 110 Å². The number of carbonyl (C=O) groups excluding carboxylic acids is 3. The molecule has 0 spiro atoms. The third kappa shape index (κ3) is 17.6. The molecule has 0 aliphatic carbocycles. The number of halogens is 1. The number of amides is 2. The molecule has 7 rings (SSSR count). The van der Waals surface area contributed by atoms with Crippen LogP contribution in [0.2, 0.25) is 5.02 Å². The summed E-state index contributed by atoms with van der Waals surface area (Å²) in [5, 5.41) is 26.2. The van der Waals surface area contributed by atoms with Gasteiger partial charge in [0.2, 0.25) is 18.4 Å². The van der Waals surface area contributed by atoms with E-state index in [-0.39, 0.29) is 86.6 Å². The highest BCUT2D eigenvalue weighted by Gasteiger charge is 2.38. The first-order chi connectivity index (χ1) is 40.1. The molecule has 2 amide bonds. The first-order valence-corrected chi connectivity index (χ1v) is 30.8. The van der Waals surface area contributed by atoms with E-state index < -0.39 is 11.9 Å². The maximum absolute atomic E-state index is 13.9. The van der Waals surface area contributed by atoms with Crippen LogP contribution in [-0.2, 0) is 36.9 Å². The summed E-state index contributed by atoms with van der Waals surface area (Å²) in [7, 11) is 0. The Morgan fingerprint density at radius 3 is 1.95 bits per heavy atom. The highest BCUT2D eigenvalue weighted by Crippen LogP contribution is 2.38. The fraction of sp³-hybridized carbons (Fsp3) is 0.645. The second kappa shape index (κ2) is 31.8. The third-order valence-corrected chi connectivity index (χ3v) is 17.8. The average Bonchev–Trinajstić information content (AvgIpc) is 3.27. The van der Waals surface area contributed by atoms with Crippen LogP contribution in [0, 0.1) is 6.57 Å². The van der Waals surface area contributed by atoms with Crippen LogP contribution >= 0.6 is 11.6 Å². The maximum atomic E-state index is 13.9. The molecule has 4 aliphatic heterocycles. The number of Topliss-reactive ketones (excluding diaryl/α,β-unsaturated/α-hetero) is 1. The van der Waals surface area contributed by atoms with Gasteiger partial charge in [-0.2, -0.15) is 9.97 Å². The molecule has 20 nitrogen and oxygen atoms in total. The minimum Gasteiger partial charge on any atom is -0.480 e. The first kappa shape index (κ1) is 64.6. The lowest BCUT2D eigenvalue weighted by atomic mass is 10.0. The summed E-state index contributed by atoms with van der Waals surface area (Å²) in [6.07, 6.45) is 10.5. The molecule has 6 atom stereocenters. The fourth-order valence-electron chi connectivity index (χ4n) is 13.1. The van der Waals surface area contributed by atoms with Gasteiger partial charge < -0.3 is 39.8 Å². The predicted octanol–water partition coefficient (Wildman–Crippen LogP) is 6.58. The fourth-order valence-corrected chi connectivity index (χ4v) is 13.4. The van der Waals surface area contributed by atoms with Crippen molar-refractivity contribution in [2.24, 2.45) is 0 Å². The Kier molecular flexibility index (Phi) is 24.8. The summed E-state index contributed by atoms with van der Waals surface area (Å²) >= 11 is 6.83. The van der Waals surface area contributed by atoms with Crippen molar-refractivity contribution in [2.45, 2.75) is 148 Å². The highest BCUT2D eigenvalue weighted by molar-refractivity contribution is 6.36. The number of hydrogen-bond donors (Lipinski definition) is 3. The van der Waals surface area contributed by atoms with Gasteiger partial charge in [0.1, 0.15) is 24.2 Å². The first-order valence-electron chi connectivity index (χ1n) is 30.4. The number of carboxylic acids is 2. The minimum atomic E-state index is -0.933. The smallest absolute Gasteiger partial charge is 0.318 e. The van der Waals surface area contributed by atoms with Gasteiger partial charge in [0.05, 0.1) is 43.4 Å². The van der Waals surface area contributed by atoms with Gasteiger partial charge in [0.15, 0.2) is 0 Å². The van der Waals surface area contributed by atoms with Crippen LogP contribution in [0.25, 0.3) is 15.6 Å². The van der Waals surface area contributed by atoms with Gasteiger partial charge in [0, 0.05) is 106 Å². The molecule has 3 fully saturated rings. The molecule has 3 aromatic rings. The molecule has 0 saturated carbocycles. The van der Waals surface area contributed by atoms with Gasteiger partial charge in [-0.1, -0.05) is 83.0 Å². The van der Waals surface area contributed by atoms with E-state index in [9.17, 15) is 34.2 Å². The number of aromatic nitrogens is 2. The Balaban J connectivity index is 0.959. The van der Waals surface area contributed by atoms with E-state index >= 15 is 0 Å². The molecule has 454 valence electrons. The molecule has 83 heavy (non-hydrogen) atoms. The zero-order valence-electron chi connectivity index (χ0n) is 49.9. The van der Waals surface area contributed by atoms with Crippen LogP contribution in [0.4, 0.5) is 11.5 Å². The molecular weight excluding hydrogens is 1080 g/mol. The van der Waals surface area contributed by atoms with Crippen LogP contribution in [0.3, 0.4) is 0 Å². The Hall–Kier alpha value is -5.95. The van der Waals surface area contributed by atoms with Crippen molar-refractivity contribution in [2.75, 3.05) is 121 Å². The molecule has 4 aliphatic rings. The number of rotatable bonds is 26. The summed E-state index contributed by atoms with van der Waals surface area (Å²) in [4.78, 5) is 95.1. The molecule has 21 heteroatoms. The number of hydrogen-bond acceptors (Lipinski definition) is 15. The largest absolute Gasteiger partial charge is 0.480 e. The van der Waals surface area contributed by atoms with Crippen molar-refractivity contribution in [3.63, 3.8) is 0 Å². The van der Waals surface area contributed by atoms with E-state index in [2.05, 4.69) is 72.4 Å². The number of fused-ring (bicyclic) bond motifs is 2. The molecule has 3 N–H and O–H groups in total. The van der Waals surface area contributed by atoms with Gasteiger partial charge in [0.25, 0.3) is 0 Å². The summed E-state index contributed by atoms with van der Waals surface area (Å²) < 4.78 is 6.61. The highest BCUT2D eigenvalue weighted by atomic mass is 35.5. The van der Waals surface area contributed by atoms with Crippen LogP contribution in [-0.4, -0.2) is 227 Å². The lowest BCUT2D eigenvalue weighted by Gasteiger charge is -2.45. The van der Waals surface area contributed by atoms with E-state index in [1.165, 1.54) is 6.08 Å². The van der Waals surface area contributed by atoms with E-state index in [1.807, 2.05) is 42.7 Å². The Bertz CT molecular complexity index is 2710. The number of benzene rings is 2.